The lowest BCUT2D eigenvalue weighted by molar-refractivity contribution is -0.133. The topological polar surface area (TPSA) is 49.9 Å². The summed E-state index contributed by atoms with van der Waals surface area (Å²) < 4.78 is 5.32. The van der Waals surface area contributed by atoms with E-state index in [9.17, 15) is 9.59 Å². The fourth-order valence-electron chi connectivity index (χ4n) is 4.06. The zero-order valence-corrected chi connectivity index (χ0v) is 16.0. The number of carbonyl (C=O) groups is 2. The lowest BCUT2D eigenvalue weighted by atomic mass is 9.86. The standard InChI is InChI=1S/C21H30N2O3/c1-16-8-9-18(15-19(16)26-2)21(25)23-12-10-22(11-13-23)20(24)14-17-6-4-3-5-7-17/h8-9,15,17H,3-7,10-14H2,1-2H3. The Kier molecular flexibility index (Phi) is 6.17. The van der Waals surface area contributed by atoms with E-state index < -0.39 is 0 Å². The molecule has 142 valence electrons. The minimum atomic E-state index is 0.0164. The molecule has 5 heteroatoms. The van der Waals surface area contributed by atoms with Crippen LogP contribution in [0.1, 0.15) is 54.4 Å². The molecular formula is C21H30N2O3. The van der Waals surface area contributed by atoms with Crippen LogP contribution in [0.2, 0.25) is 0 Å². The summed E-state index contributed by atoms with van der Waals surface area (Å²) in [7, 11) is 1.62. The molecule has 0 bridgehead atoms. The molecule has 26 heavy (non-hydrogen) atoms. The molecule has 2 aliphatic rings. The molecule has 1 aromatic carbocycles. The molecule has 0 N–H and O–H groups in total. The number of amides is 2. The Labute approximate surface area is 156 Å². The maximum absolute atomic E-state index is 12.7. The van der Waals surface area contributed by atoms with Crippen molar-refractivity contribution in [2.75, 3.05) is 33.3 Å². The van der Waals surface area contributed by atoms with Crippen LogP contribution in [-0.4, -0.2) is 54.9 Å². The molecule has 0 spiro atoms. The Hall–Kier alpha value is -2.04. The number of benzene rings is 1. The van der Waals surface area contributed by atoms with Crippen molar-refractivity contribution in [2.24, 2.45) is 5.92 Å². The fourth-order valence-corrected chi connectivity index (χ4v) is 4.06. The second-order valence-electron chi connectivity index (χ2n) is 7.57. The van der Waals surface area contributed by atoms with Crippen LogP contribution < -0.4 is 4.74 Å². The van der Waals surface area contributed by atoms with Crippen molar-refractivity contribution < 1.29 is 14.3 Å². The number of carbonyl (C=O) groups excluding carboxylic acids is 2. The van der Waals surface area contributed by atoms with Crippen LogP contribution in [-0.2, 0) is 4.79 Å². The van der Waals surface area contributed by atoms with Gasteiger partial charge in [-0.3, -0.25) is 9.59 Å². The monoisotopic (exact) mass is 358 g/mol. The zero-order chi connectivity index (χ0) is 18.5. The van der Waals surface area contributed by atoms with Crippen molar-refractivity contribution in [3.8, 4) is 5.75 Å². The maximum Gasteiger partial charge on any atom is 0.254 e. The summed E-state index contributed by atoms with van der Waals surface area (Å²) >= 11 is 0. The molecule has 1 aliphatic heterocycles. The van der Waals surface area contributed by atoms with Crippen LogP contribution in [0.4, 0.5) is 0 Å². The molecule has 1 saturated carbocycles. The lowest BCUT2D eigenvalue weighted by Gasteiger charge is -2.36. The second-order valence-corrected chi connectivity index (χ2v) is 7.57. The molecule has 2 fully saturated rings. The average molecular weight is 358 g/mol. The van der Waals surface area contributed by atoms with E-state index in [0.29, 0.717) is 44.1 Å². The summed E-state index contributed by atoms with van der Waals surface area (Å²) in [5, 5.41) is 0. The SMILES string of the molecule is COc1cc(C(=O)N2CCN(C(=O)CC3CCCCC3)CC2)ccc1C. The minimum Gasteiger partial charge on any atom is -0.496 e. The maximum atomic E-state index is 12.7. The number of rotatable bonds is 4. The van der Waals surface area contributed by atoms with E-state index in [4.69, 9.17) is 4.74 Å². The van der Waals surface area contributed by atoms with Crippen LogP contribution >= 0.6 is 0 Å². The Balaban J connectivity index is 1.52. The molecule has 3 rings (SSSR count). The second kappa shape index (κ2) is 8.56. The van der Waals surface area contributed by atoms with Crippen LogP contribution in [0, 0.1) is 12.8 Å². The lowest BCUT2D eigenvalue weighted by Crippen LogP contribution is -2.50. The first-order valence-corrected chi connectivity index (χ1v) is 9.80. The highest BCUT2D eigenvalue weighted by Gasteiger charge is 2.27. The van der Waals surface area contributed by atoms with Crippen LogP contribution in [0.15, 0.2) is 18.2 Å². The number of hydrogen-bond donors (Lipinski definition) is 0. The number of nitrogens with zero attached hydrogens (tertiary/aromatic N) is 2. The van der Waals surface area contributed by atoms with Gasteiger partial charge >= 0.3 is 0 Å². The van der Waals surface area contributed by atoms with Gasteiger partial charge in [0, 0.05) is 38.2 Å². The molecule has 2 amide bonds. The molecule has 0 unspecified atom stereocenters. The molecule has 0 atom stereocenters. The third kappa shape index (κ3) is 4.37. The molecule has 1 heterocycles. The van der Waals surface area contributed by atoms with E-state index in [2.05, 4.69) is 0 Å². The van der Waals surface area contributed by atoms with Crippen molar-refractivity contribution >= 4 is 11.8 Å². The van der Waals surface area contributed by atoms with Crippen LogP contribution in [0.25, 0.3) is 0 Å². The van der Waals surface area contributed by atoms with Crippen LogP contribution in [0.3, 0.4) is 0 Å². The van der Waals surface area contributed by atoms with Crippen molar-refractivity contribution in [3.63, 3.8) is 0 Å². The Morgan fingerprint density at radius 1 is 1.04 bits per heavy atom. The average Bonchev–Trinajstić information content (AvgIpc) is 2.68. The van der Waals surface area contributed by atoms with Gasteiger partial charge in [0.1, 0.15) is 5.75 Å². The first-order valence-electron chi connectivity index (χ1n) is 9.80. The predicted octanol–water partition coefficient (Wildman–Crippen LogP) is 3.26. The number of piperazine rings is 1. The quantitative estimate of drug-likeness (QED) is 0.830. The van der Waals surface area contributed by atoms with Gasteiger partial charge in [0.2, 0.25) is 5.91 Å². The first kappa shape index (κ1) is 18.7. The number of aryl methyl sites for hydroxylation is 1. The number of hydrogen-bond acceptors (Lipinski definition) is 3. The largest absolute Gasteiger partial charge is 0.496 e. The molecule has 1 saturated heterocycles. The van der Waals surface area contributed by atoms with E-state index in [0.717, 1.165) is 11.3 Å². The molecule has 5 nitrogen and oxygen atoms in total. The summed E-state index contributed by atoms with van der Waals surface area (Å²) in [6.45, 7) is 4.45. The van der Waals surface area contributed by atoms with Gasteiger partial charge in [-0.05, 0) is 43.4 Å². The van der Waals surface area contributed by atoms with Gasteiger partial charge in [0.25, 0.3) is 5.91 Å². The van der Waals surface area contributed by atoms with Gasteiger partial charge < -0.3 is 14.5 Å². The molecular weight excluding hydrogens is 328 g/mol. The predicted molar refractivity (Wildman–Crippen MR) is 101 cm³/mol. The van der Waals surface area contributed by atoms with Crippen molar-refractivity contribution in [2.45, 2.75) is 45.4 Å². The number of ether oxygens (including phenoxy) is 1. The van der Waals surface area contributed by atoms with E-state index in [-0.39, 0.29) is 11.8 Å². The van der Waals surface area contributed by atoms with Gasteiger partial charge in [-0.2, -0.15) is 0 Å². The smallest absolute Gasteiger partial charge is 0.254 e. The highest BCUT2D eigenvalue weighted by molar-refractivity contribution is 5.95. The van der Waals surface area contributed by atoms with E-state index in [1.165, 1.54) is 32.1 Å². The fraction of sp³-hybridized carbons (Fsp3) is 0.619. The van der Waals surface area contributed by atoms with E-state index >= 15 is 0 Å². The third-order valence-electron chi connectivity index (χ3n) is 5.76. The Morgan fingerprint density at radius 3 is 2.35 bits per heavy atom. The molecule has 1 aliphatic carbocycles. The number of methoxy groups -OCH3 is 1. The van der Waals surface area contributed by atoms with Crippen molar-refractivity contribution in [1.82, 2.24) is 9.80 Å². The zero-order valence-electron chi connectivity index (χ0n) is 16.0. The van der Waals surface area contributed by atoms with E-state index in [1.54, 1.807) is 13.2 Å². The summed E-state index contributed by atoms with van der Waals surface area (Å²) in [6.07, 6.45) is 6.91. The summed E-state index contributed by atoms with van der Waals surface area (Å²) in [5.41, 5.74) is 1.66. The summed E-state index contributed by atoms with van der Waals surface area (Å²) in [6, 6.07) is 5.56. The first-order chi connectivity index (χ1) is 12.6. The minimum absolute atomic E-state index is 0.0164. The highest BCUT2D eigenvalue weighted by atomic mass is 16.5. The van der Waals surface area contributed by atoms with Crippen molar-refractivity contribution in [3.05, 3.63) is 29.3 Å². The Morgan fingerprint density at radius 2 is 1.69 bits per heavy atom. The normalized spacial score (nSPS) is 18.7. The van der Waals surface area contributed by atoms with Crippen molar-refractivity contribution in [1.29, 1.82) is 0 Å². The summed E-state index contributed by atoms with van der Waals surface area (Å²) in [5.74, 6) is 1.58. The van der Waals surface area contributed by atoms with Gasteiger partial charge in [-0.1, -0.05) is 25.3 Å². The van der Waals surface area contributed by atoms with E-state index in [1.807, 2.05) is 28.9 Å². The summed E-state index contributed by atoms with van der Waals surface area (Å²) in [4.78, 5) is 29.1. The van der Waals surface area contributed by atoms with Gasteiger partial charge in [0.05, 0.1) is 7.11 Å². The molecule has 1 aromatic rings. The Bertz CT molecular complexity index is 645. The highest BCUT2D eigenvalue weighted by Crippen LogP contribution is 2.27. The van der Waals surface area contributed by atoms with Gasteiger partial charge in [-0.15, -0.1) is 0 Å². The molecule has 0 radical (unpaired) electrons. The van der Waals surface area contributed by atoms with Gasteiger partial charge in [0.15, 0.2) is 0 Å². The van der Waals surface area contributed by atoms with Gasteiger partial charge in [-0.25, -0.2) is 0 Å². The van der Waals surface area contributed by atoms with Crippen LogP contribution in [0.5, 0.6) is 5.75 Å². The molecule has 0 aromatic heterocycles. The third-order valence-corrected chi connectivity index (χ3v) is 5.76.